The van der Waals surface area contributed by atoms with Crippen LogP contribution in [0.4, 0.5) is 0 Å². The molecule has 4 heteroatoms. The molecular weight excluding hydrogens is 434 g/mol. The molecule has 0 saturated heterocycles. The lowest BCUT2D eigenvalue weighted by atomic mass is 9.45. The Morgan fingerprint density at radius 3 is 2.77 bits per heavy atom. The quantitative estimate of drug-likeness (QED) is 0.473. The largest absolute Gasteiger partial charge is 0.489 e. The van der Waals surface area contributed by atoms with Crippen molar-refractivity contribution in [3.8, 4) is 5.75 Å². The molecule has 1 spiro atoms. The highest BCUT2D eigenvalue weighted by molar-refractivity contribution is 5.28. The molecule has 6 rings (SSSR count). The minimum Gasteiger partial charge on any atom is -0.489 e. The maximum atomic E-state index is 9.16. The molecule has 4 nitrogen and oxygen atoms in total. The molecule has 2 unspecified atom stereocenters. The van der Waals surface area contributed by atoms with E-state index in [2.05, 4.69) is 25.8 Å². The highest BCUT2D eigenvalue weighted by Crippen LogP contribution is 2.82. The van der Waals surface area contributed by atoms with Crippen LogP contribution in [0.3, 0.4) is 0 Å². The van der Waals surface area contributed by atoms with Crippen LogP contribution in [0, 0.1) is 51.8 Å². The van der Waals surface area contributed by atoms with Crippen LogP contribution in [0.15, 0.2) is 18.3 Å². The number of fused-ring (bicyclic) bond motifs is 4. The Balaban J connectivity index is 1.17. The Hall–Kier alpha value is -1.13. The molecule has 5 saturated carbocycles. The highest BCUT2D eigenvalue weighted by Gasteiger charge is 2.77. The molecule has 10 atom stereocenters. The van der Waals surface area contributed by atoms with Crippen molar-refractivity contribution in [2.24, 2.45) is 51.8 Å². The second-order valence-corrected chi connectivity index (χ2v) is 13.5. The lowest BCUT2D eigenvalue weighted by Gasteiger charge is -2.61. The van der Waals surface area contributed by atoms with Gasteiger partial charge in [0.1, 0.15) is 12.4 Å². The van der Waals surface area contributed by atoms with Gasteiger partial charge in [0.25, 0.3) is 0 Å². The Bertz CT molecular complexity index is 936. The molecule has 194 valence electrons. The van der Waals surface area contributed by atoms with Crippen LogP contribution >= 0.6 is 0 Å². The fraction of sp³-hybridized carbons (Fsp3) is 0.839. The molecule has 0 bridgehead atoms. The van der Waals surface area contributed by atoms with Crippen LogP contribution in [0.2, 0.25) is 0 Å². The molecule has 35 heavy (non-hydrogen) atoms. The van der Waals surface area contributed by atoms with Gasteiger partial charge in [0.15, 0.2) is 0 Å². The Labute approximate surface area is 212 Å². The predicted molar refractivity (Wildman–Crippen MR) is 138 cm³/mol. The van der Waals surface area contributed by atoms with Crippen molar-refractivity contribution >= 4 is 0 Å². The number of aliphatic hydroxyl groups is 1. The predicted octanol–water partition coefficient (Wildman–Crippen LogP) is 6.31. The second kappa shape index (κ2) is 8.72. The molecule has 0 amide bonds. The number of hydrogen-bond donors (Lipinski definition) is 1. The third-order valence-electron chi connectivity index (χ3n) is 12.6. The van der Waals surface area contributed by atoms with Crippen molar-refractivity contribution in [2.45, 2.75) is 91.1 Å². The van der Waals surface area contributed by atoms with Crippen molar-refractivity contribution in [1.82, 2.24) is 4.98 Å². The SMILES string of the molecule is COC1C[C@H]2[C@@H]3CC[C@H](C(C)CCc4ncccc4OCCO)[C@@]3(C)CC[C@@H]2[C@@]2(C)CC[C@@H]3C[C@@]132. The van der Waals surface area contributed by atoms with Crippen molar-refractivity contribution in [3.05, 3.63) is 24.0 Å². The smallest absolute Gasteiger partial charge is 0.140 e. The van der Waals surface area contributed by atoms with E-state index in [0.29, 0.717) is 34.9 Å². The molecule has 5 aliphatic rings. The summed E-state index contributed by atoms with van der Waals surface area (Å²) in [5.41, 5.74) is 2.57. The first-order valence-electron chi connectivity index (χ1n) is 14.6. The summed E-state index contributed by atoms with van der Waals surface area (Å²) in [5, 5.41) is 9.16. The third kappa shape index (κ3) is 3.41. The minimum absolute atomic E-state index is 0.0411. The molecule has 5 aliphatic carbocycles. The van der Waals surface area contributed by atoms with Crippen LogP contribution in [-0.2, 0) is 11.2 Å². The minimum atomic E-state index is 0.0411. The zero-order chi connectivity index (χ0) is 24.4. The number of methoxy groups -OCH3 is 1. The Kier molecular flexibility index (Phi) is 6.04. The Morgan fingerprint density at radius 2 is 2.00 bits per heavy atom. The van der Waals surface area contributed by atoms with Gasteiger partial charge in [0.2, 0.25) is 0 Å². The van der Waals surface area contributed by atoms with Crippen LogP contribution in [0.1, 0.15) is 84.3 Å². The van der Waals surface area contributed by atoms with E-state index in [0.717, 1.165) is 53.9 Å². The summed E-state index contributed by atoms with van der Waals surface area (Å²) in [6.07, 6.45) is 15.9. The summed E-state index contributed by atoms with van der Waals surface area (Å²) in [7, 11) is 2.01. The number of nitrogens with zero attached hydrogens (tertiary/aromatic N) is 1. The summed E-state index contributed by atoms with van der Waals surface area (Å²) >= 11 is 0. The van der Waals surface area contributed by atoms with Crippen molar-refractivity contribution in [2.75, 3.05) is 20.3 Å². The van der Waals surface area contributed by atoms with Gasteiger partial charge >= 0.3 is 0 Å². The van der Waals surface area contributed by atoms with E-state index >= 15 is 0 Å². The lowest BCUT2D eigenvalue weighted by Crippen LogP contribution is -2.57. The average molecular weight is 482 g/mol. The number of aryl methyl sites for hydroxylation is 1. The fourth-order valence-electron chi connectivity index (χ4n) is 11.0. The van der Waals surface area contributed by atoms with Gasteiger partial charge in [0, 0.05) is 18.7 Å². The van der Waals surface area contributed by atoms with Gasteiger partial charge in [0.05, 0.1) is 18.4 Å². The highest BCUT2D eigenvalue weighted by atomic mass is 16.5. The third-order valence-corrected chi connectivity index (χ3v) is 12.6. The van der Waals surface area contributed by atoms with E-state index in [4.69, 9.17) is 14.6 Å². The van der Waals surface area contributed by atoms with E-state index < -0.39 is 0 Å². The number of aromatic nitrogens is 1. The van der Waals surface area contributed by atoms with Gasteiger partial charge in [-0.1, -0.05) is 20.8 Å². The molecule has 0 aliphatic heterocycles. The van der Waals surface area contributed by atoms with E-state index in [9.17, 15) is 0 Å². The summed E-state index contributed by atoms with van der Waals surface area (Å²) in [6.45, 7) is 8.23. The zero-order valence-electron chi connectivity index (χ0n) is 22.5. The van der Waals surface area contributed by atoms with Crippen molar-refractivity contribution < 1.29 is 14.6 Å². The molecule has 1 heterocycles. The van der Waals surface area contributed by atoms with E-state index in [-0.39, 0.29) is 6.61 Å². The zero-order valence-corrected chi connectivity index (χ0v) is 22.5. The van der Waals surface area contributed by atoms with Gasteiger partial charge in [-0.15, -0.1) is 0 Å². The molecule has 1 N–H and O–H groups in total. The molecule has 0 aromatic carbocycles. The van der Waals surface area contributed by atoms with Crippen LogP contribution in [-0.4, -0.2) is 36.5 Å². The first kappa shape index (κ1) is 24.2. The van der Waals surface area contributed by atoms with Gasteiger partial charge in [-0.3, -0.25) is 4.98 Å². The molecule has 1 aromatic rings. The van der Waals surface area contributed by atoms with Gasteiger partial charge in [-0.05, 0) is 123 Å². The number of hydrogen-bond acceptors (Lipinski definition) is 4. The molecule has 1 aromatic heterocycles. The first-order valence-corrected chi connectivity index (χ1v) is 14.6. The van der Waals surface area contributed by atoms with Gasteiger partial charge in [-0.25, -0.2) is 0 Å². The van der Waals surface area contributed by atoms with Crippen LogP contribution in [0.5, 0.6) is 5.75 Å². The molecular formula is C31H47NO3. The maximum absolute atomic E-state index is 9.16. The second-order valence-electron chi connectivity index (χ2n) is 13.5. The number of aliphatic hydroxyl groups excluding tert-OH is 1. The fourth-order valence-corrected chi connectivity index (χ4v) is 11.0. The van der Waals surface area contributed by atoms with Crippen molar-refractivity contribution in [3.63, 3.8) is 0 Å². The normalized spacial score (nSPS) is 46.3. The summed E-state index contributed by atoms with van der Waals surface area (Å²) < 4.78 is 12.1. The lowest BCUT2D eigenvalue weighted by molar-refractivity contribution is -0.161. The van der Waals surface area contributed by atoms with Crippen molar-refractivity contribution in [1.29, 1.82) is 0 Å². The summed E-state index contributed by atoms with van der Waals surface area (Å²) in [6, 6.07) is 3.92. The number of pyridine rings is 1. The monoisotopic (exact) mass is 481 g/mol. The molecule has 0 radical (unpaired) electrons. The van der Waals surface area contributed by atoms with Gasteiger partial charge in [-0.2, -0.15) is 0 Å². The standard InChI is InChI=1S/C31H47NO3/c1-20(7-10-26-27(35-17-16-33)6-5-15-32-26)23-8-9-24-22-18-28(34-4)31-19-21(31)11-14-30(31,3)25(22)12-13-29(23,24)2/h5-6,15,20-25,28,33H,7-14,16-19H2,1-4H3/t20?,21-,22+,23-,24+,25+,28?,29-,30-,31+/m1/s1. The molecule has 5 fully saturated rings. The van der Waals surface area contributed by atoms with Gasteiger partial charge < -0.3 is 14.6 Å². The number of rotatable bonds is 8. The number of ether oxygens (including phenoxy) is 2. The topological polar surface area (TPSA) is 51.6 Å². The Morgan fingerprint density at radius 1 is 1.14 bits per heavy atom. The maximum Gasteiger partial charge on any atom is 0.140 e. The average Bonchev–Trinajstić information content (AvgIpc) is 3.37. The van der Waals surface area contributed by atoms with Crippen LogP contribution < -0.4 is 4.74 Å². The summed E-state index contributed by atoms with van der Waals surface area (Å²) in [4.78, 5) is 4.63. The van der Waals surface area contributed by atoms with Crippen LogP contribution in [0.25, 0.3) is 0 Å². The van der Waals surface area contributed by atoms with E-state index in [1.165, 1.54) is 51.4 Å². The van der Waals surface area contributed by atoms with E-state index in [1.54, 1.807) is 0 Å². The van der Waals surface area contributed by atoms with E-state index in [1.807, 2.05) is 25.4 Å². The first-order chi connectivity index (χ1) is 16.9. The summed E-state index contributed by atoms with van der Waals surface area (Å²) in [5.74, 6) is 5.96.